The summed E-state index contributed by atoms with van der Waals surface area (Å²) in [5, 5.41) is 2.56. The van der Waals surface area contributed by atoms with E-state index in [4.69, 9.17) is 5.73 Å². The van der Waals surface area contributed by atoms with Crippen molar-refractivity contribution < 1.29 is 9.18 Å². The molecule has 0 aliphatic carbocycles. The molecule has 0 aliphatic heterocycles. The standard InChI is InChI=1S/C15H23FN2O/c1-10(9-15(2,3)4)8-13(19)18-14-11(16)6-5-7-12(14)17/h5-7,10H,8-9,17H2,1-4H3,(H,18,19). The monoisotopic (exact) mass is 266 g/mol. The van der Waals surface area contributed by atoms with Crippen LogP contribution in [-0.4, -0.2) is 5.91 Å². The molecule has 1 unspecified atom stereocenters. The van der Waals surface area contributed by atoms with E-state index >= 15 is 0 Å². The van der Waals surface area contributed by atoms with Crippen molar-refractivity contribution in [3.05, 3.63) is 24.0 Å². The maximum absolute atomic E-state index is 13.5. The Kier molecular flexibility index (Phi) is 4.92. The first-order chi connectivity index (χ1) is 8.69. The van der Waals surface area contributed by atoms with E-state index in [1.165, 1.54) is 12.1 Å². The number of para-hydroxylation sites is 1. The van der Waals surface area contributed by atoms with Crippen molar-refractivity contribution in [3.63, 3.8) is 0 Å². The Hall–Kier alpha value is -1.58. The van der Waals surface area contributed by atoms with Gasteiger partial charge in [-0.25, -0.2) is 4.39 Å². The lowest BCUT2D eigenvalue weighted by atomic mass is 9.84. The van der Waals surface area contributed by atoms with Crippen LogP contribution >= 0.6 is 0 Å². The summed E-state index contributed by atoms with van der Waals surface area (Å²) in [6.07, 6.45) is 1.30. The molecule has 0 saturated heterocycles. The summed E-state index contributed by atoms with van der Waals surface area (Å²) in [6, 6.07) is 4.37. The number of nitrogens with two attached hydrogens (primary N) is 1. The zero-order valence-electron chi connectivity index (χ0n) is 12.1. The van der Waals surface area contributed by atoms with Crippen LogP contribution in [0.15, 0.2) is 18.2 Å². The number of benzene rings is 1. The van der Waals surface area contributed by atoms with Gasteiger partial charge in [-0.15, -0.1) is 0 Å². The van der Waals surface area contributed by atoms with Crippen LogP contribution in [0.25, 0.3) is 0 Å². The second-order valence-electron chi connectivity index (χ2n) is 6.33. The van der Waals surface area contributed by atoms with Crippen molar-refractivity contribution in [2.45, 2.75) is 40.5 Å². The molecule has 19 heavy (non-hydrogen) atoms. The molecule has 0 saturated carbocycles. The van der Waals surface area contributed by atoms with Gasteiger partial charge in [-0.05, 0) is 29.9 Å². The number of anilines is 2. The first-order valence-electron chi connectivity index (χ1n) is 6.53. The first-order valence-corrected chi connectivity index (χ1v) is 6.53. The summed E-state index contributed by atoms with van der Waals surface area (Å²) < 4.78 is 13.5. The molecule has 1 atom stereocenters. The van der Waals surface area contributed by atoms with Gasteiger partial charge in [-0.3, -0.25) is 4.79 Å². The van der Waals surface area contributed by atoms with Gasteiger partial charge in [0, 0.05) is 6.42 Å². The molecule has 0 aromatic heterocycles. The average molecular weight is 266 g/mol. The molecule has 106 valence electrons. The summed E-state index contributed by atoms with van der Waals surface area (Å²) in [4.78, 5) is 11.9. The Morgan fingerprint density at radius 2 is 2.05 bits per heavy atom. The fraction of sp³-hybridized carbons (Fsp3) is 0.533. The van der Waals surface area contributed by atoms with Crippen molar-refractivity contribution in [1.29, 1.82) is 0 Å². The minimum Gasteiger partial charge on any atom is -0.397 e. The van der Waals surface area contributed by atoms with Gasteiger partial charge < -0.3 is 11.1 Å². The Morgan fingerprint density at radius 1 is 1.42 bits per heavy atom. The van der Waals surface area contributed by atoms with E-state index in [0.717, 1.165) is 6.42 Å². The number of carbonyl (C=O) groups is 1. The van der Waals surface area contributed by atoms with Crippen LogP contribution in [0.3, 0.4) is 0 Å². The topological polar surface area (TPSA) is 55.1 Å². The van der Waals surface area contributed by atoms with Gasteiger partial charge in [-0.2, -0.15) is 0 Å². The van der Waals surface area contributed by atoms with Gasteiger partial charge >= 0.3 is 0 Å². The summed E-state index contributed by atoms with van der Waals surface area (Å²) in [6.45, 7) is 8.43. The summed E-state index contributed by atoms with van der Waals surface area (Å²) in [5.41, 5.74) is 6.15. The van der Waals surface area contributed by atoms with Gasteiger partial charge in [0.05, 0.1) is 5.69 Å². The number of hydrogen-bond acceptors (Lipinski definition) is 2. The van der Waals surface area contributed by atoms with E-state index in [9.17, 15) is 9.18 Å². The molecule has 4 heteroatoms. The van der Waals surface area contributed by atoms with E-state index in [2.05, 4.69) is 26.1 Å². The van der Waals surface area contributed by atoms with E-state index in [1.54, 1.807) is 6.07 Å². The summed E-state index contributed by atoms with van der Waals surface area (Å²) in [7, 11) is 0. The Morgan fingerprint density at radius 3 is 2.58 bits per heavy atom. The number of nitrogens with one attached hydrogen (secondary N) is 1. The molecule has 1 aromatic rings. The van der Waals surface area contributed by atoms with Crippen molar-refractivity contribution in [2.75, 3.05) is 11.1 Å². The number of amides is 1. The summed E-state index contributed by atoms with van der Waals surface area (Å²) >= 11 is 0. The van der Waals surface area contributed by atoms with Crippen molar-refractivity contribution in [1.82, 2.24) is 0 Å². The molecule has 0 spiro atoms. The lowest BCUT2D eigenvalue weighted by molar-refractivity contribution is -0.117. The molecule has 3 N–H and O–H groups in total. The predicted octanol–water partition coefficient (Wildman–Crippen LogP) is 3.81. The van der Waals surface area contributed by atoms with Crippen LogP contribution in [0, 0.1) is 17.2 Å². The Bertz CT molecular complexity index is 432. The highest BCUT2D eigenvalue weighted by atomic mass is 19.1. The fourth-order valence-electron chi connectivity index (χ4n) is 2.30. The van der Waals surface area contributed by atoms with Crippen LogP contribution in [0.4, 0.5) is 15.8 Å². The Balaban J connectivity index is 2.61. The second kappa shape index (κ2) is 6.04. The minimum atomic E-state index is -0.503. The lowest BCUT2D eigenvalue weighted by Gasteiger charge is -2.22. The Labute approximate surface area is 114 Å². The van der Waals surface area contributed by atoms with Gasteiger partial charge in [-0.1, -0.05) is 33.8 Å². The molecule has 0 fully saturated rings. The molecule has 1 aromatic carbocycles. The molecule has 1 amide bonds. The highest BCUT2D eigenvalue weighted by Crippen LogP contribution is 2.27. The third kappa shape index (κ3) is 5.28. The van der Waals surface area contributed by atoms with Crippen LogP contribution in [0.2, 0.25) is 0 Å². The van der Waals surface area contributed by atoms with Gasteiger partial charge in [0.1, 0.15) is 11.5 Å². The molecule has 3 nitrogen and oxygen atoms in total. The van der Waals surface area contributed by atoms with Crippen molar-refractivity contribution >= 4 is 17.3 Å². The van der Waals surface area contributed by atoms with E-state index in [0.29, 0.717) is 6.42 Å². The second-order valence-corrected chi connectivity index (χ2v) is 6.33. The zero-order chi connectivity index (χ0) is 14.6. The lowest BCUT2D eigenvalue weighted by Crippen LogP contribution is -2.20. The maximum atomic E-state index is 13.5. The smallest absolute Gasteiger partial charge is 0.224 e. The van der Waals surface area contributed by atoms with Gasteiger partial charge in [0.2, 0.25) is 5.91 Å². The van der Waals surface area contributed by atoms with Crippen LogP contribution in [0.5, 0.6) is 0 Å². The largest absolute Gasteiger partial charge is 0.397 e. The van der Waals surface area contributed by atoms with E-state index in [-0.39, 0.29) is 28.6 Å². The molecule has 0 radical (unpaired) electrons. The highest BCUT2D eigenvalue weighted by molar-refractivity contribution is 5.94. The number of nitrogen functional groups attached to an aromatic ring is 1. The molecular formula is C15H23FN2O. The summed E-state index contributed by atoms with van der Waals surface area (Å²) in [5.74, 6) is -0.460. The number of halogens is 1. The SMILES string of the molecule is CC(CC(=O)Nc1c(N)cccc1F)CC(C)(C)C. The highest BCUT2D eigenvalue weighted by Gasteiger charge is 2.18. The number of carbonyl (C=O) groups excluding carboxylic acids is 1. The molecule has 0 aliphatic rings. The quantitative estimate of drug-likeness (QED) is 0.814. The third-order valence-corrected chi connectivity index (χ3v) is 2.80. The van der Waals surface area contributed by atoms with Crippen LogP contribution in [-0.2, 0) is 4.79 Å². The molecule has 1 rings (SSSR count). The fourth-order valence-corrected chi connectivity index (χ4v) is 2.30. The van der Waals surface area contributed by atoms with Gasteiger partial charge in [0.25, 0.3) is 0 Å². The molecule has 0 bridgehead atoms. The van der Waals surface area contributed by atoms with E-state index < -0.39 is 5.82 Å². The zero-order valence-corrected chi connectivity index (χ0v) is 12.1. The normalized spacial score (nSPS) is 13.1. The van der Waals surface area contributed by atoms with Crippen LogP contribution < -0.4 is 11.1 Å². The first kappa shape index (κ1) is 15.5. The predicted molar refractivity (Wildman–Crippen MR) is 77.3 cm³/mol. The minimum absolute atomic E-state index is 0.0791. The van der Waals surface area contributed by atoms with Crippen molar-refractivity contribution in [3.8, 4) is 0 Å². The van der Waals surface area contributed by atoms with Crippen molar-refractivity contribution in [2.24, 2.45) is 11.3 Å². The molecule has 0 heterocycles. The maximum Gasteiger partial charge on any atom is 0.224 e. The number of hydrogen-bond donors (Lipinski definition) is 2. The molecular weight excluding hydrogens is 243 g/mol. The third-order valence-electron chi connectivity index (χ3n) is 2.80. The van der Waals surface area contributed by atoms with Crippen LogP contribution in [0.1, 0.15) is 40.5 Å². The van der Waals surface area contributed by atoms with E-state index in [1.807, 2.05) is 6.92 Å². The van der Waals surface area contributed by atoms with Gasteiger partial charge in [0.15, 0.2) is 0 Å². The number of rotatable bonds is 4. The average Bonchev–Trinajstić information content (AvgIpc) is 2.20.